The highest BCUT2D eigenvalue weighted by molar-refractivity contribution is 5.39. The Morgan fingerprint density at radius 1 is 1.33 bits per heavy atom. The van der Waals surface area contributed by atoms with E-state index in [0.717, 1.165) is 23.3 Å². The van der Waals surface area contributed by atoms with E-state index in [4.69, 9.17) is 9.15 Å². The molecule has 1 aromatic heterocycles. The predicted octanol–water partition coefficient (Wildman–Crippen LogP) is 3.20. The van der Waals surface area contributed by atoms with Crippen LogP contribution in [0.4, 0.5) is 0 Å². The van der Waals surface area contributed by atoms with E-state index >= 15 is 0 Å². The molecule has 0 aliphatic carbocycles. The molecule has 2 N–H and O–H groups in total. The van der Waals surface area contributed by atoms with Crippen LogP contribution in [0.1, 0.15) is 36.3 Å². The molecule has 0 amide bonds. The molecule has 0 spiro atoms. The zero-order chi connectivity index (χ0) is 15.2. The van der Waals surface area contributed by atoms with Gasteiger partial charge in [-0.15, -0.1) is 0 Å². The molecule has 0 saturated carbocycles. The summed E-state index contributed by atoms with van der Waals surface area (Å²) >= 11 is 0. The molecule has 0 aliphatic heterocycles. The Hall–Kier alpha value is -1.78. The number of aliphatic hydroxyl groups excluding tert-OH is 1. The number of furan rings is 1. The van der Waals surface area contributed by atoms with E-state index in [9.17, 15) is 5.11 Å². The Morgan fingerprint density at radius 3 is 2.76 bits per heavy atom. The standard InChI is InChI=1S/C17H23NO3/c1-4-15(18-11-13-6-5-9-21-13)17(19)14-10-12(2)7-8-16(14)20-3/h5-10,15,17-19H,4,11H2,1-3H3. The van der Waals surface area contributed by atoms with Crippen molar-refractivity contribution in [3.63, 3.8) is 0 Å². The zero-order valence-electron chi connectivity index (χ0n) is 12.8. The van der Waals surface area contributed by atoms with Gasteiger partial charge >= 0.3 is 0 Å². The molecule has 4 nitrogen and oxygen atoms in total. The van der Waals surface area contributed by atoms with Crippen molar-refractivity contribution in [3.8, 4) is 5.75 Å². The molecule has 0 fully saturated rings. The molecule has 0 bridgehead atoms. The van der Waals surface area contributed by atoms with Gasteiger partial charge in [0.2, 0.25) is 0 Å². The van der Waals surface area contributed by atoms with Crippen LogP contribution in [0.25, 0.3) is 0 Å². The van der Waals surface area contributed by atoms with Crippen LogP contribution in [-0.2, 0) is 6.54 Å². The van der Waals surface area contributed by atoms with E-state index in [1.807, 2.05) is 44.2 Å². The lowest BCUT2D eigenvalue weighted by Crippen LogP contribution is -2.34. The summed E-state index contributed by atoms with van der Waals surface area (Å²) in [6.07, 6.45) is 1.83. The fourth-order valence-corrected chi connectivity index (χ4v) is 2.43. The van der Waals surface area contributed by atoms with Crippen molar-refractivity contribution in [3.05, 3.63) is 53.5 Å². The van der Waals surface area contributed by atoms with Crippen LogP contribution in [0.5, 0.6) is 5.75 Å². The van der Waals surface area contributed by atoms with E-state index in [2.05, 4.69) is 5.32 Å². The third kappa shape index (κ3) is 3.86. The van der Waals surface area contributed by atoms with Crippen molar-refractivity contribution in [2.24, 2.45) is 0 Å². The maximum Gasteiger partial charge on any atom is 0.124 e. The number of methoxy groups -OCH3 is 1. The summed E-state index contributed by atoms with van der Waals surface area (Å²) in [5.41, 5.74) is 1.92. The van der Waals surface area contributed by atoms with Gasteiger partial charge in [-0.05, 0) is 37.6 Å². The zero-order valence-corrected chi connectivity index (χ0v) is 12.8. The minimum atomic E-state index is -0.625. The van der Waals surface area contributed by atoms with Crippen molar-refractivity contribution in [1.29, 1.82) is 0 Å². The average molecular weight is 289 g/mol. The third-order valence-electron chi connectivity index (χ3n) is 3.64. The van der Waals surface area contributed by atoms with Crippen LogP contribution in [-0.4, -0.2) is 18.3 Å². The molecule has 2 rings (SSSR count). The van der Waals surface area contributed by atoms with Gasteiger partial charge in [-0.1, -0.05) is 18.6 Å². The highest BCUT2D eigenvalue weighted by Gasteiger charge is 2.22. The number of benzene rings is 1. The lowest BCUT2D eigenvalue weighted by atomic mass is 9.97. The van der Waals surface area contributed by atoms with Crippen molar-refractivity contribution < 1.29 is 14.3 Å². The van der Waals surface area contributed by atoms with Crippen molar-refractivity contribution >= 4 is 0 Å². The second kappa shape index (κ2) is 7.29. The van der Waals surface area contributed by atoms with Gasteiger partial charge in [-0.2, -0.15) is 0 Å². The monoisotopic (exact) mass is 289 g/mol. The summed E-state index contributed by atoms with van der Waals surface area (Å²) in [6.45, 7) is 4.65. The summed E-state index contributed by atoms with van der Waals surface area (Å²) < 4.78 is 10.7. The molecular weight excluding hydrogens is 266 g/mol. The highest BCUT2D eigenvalue weighted by atomic mass is 16.5. The molecule has 2 aromatic rings. The largest absolute Gasteiger partial charge is 0.496 e. The summed E-state index contributed by atoms with van der Waals surface area (Å²) in [5, 5.41) is 14.0. The number of hydrogen-bond acceptors (Lipinski definition) is 4. The lowest BCUT2D eigenvalue weighted by Gasteiger charge is -2.24. The van der Waals surface area contributed by atoms with Crippen molar-refractivity contribution in [1.82, 2.24) is 5.32 Å². The molecule has 0 aliphatic rings. The number of hydrogen-bond donors (Lipinski definition) is 2. The van der Waals surface area contributed by atoms with Gasteiger partial charge in [-0.3, -0.25) is 0 Å². The normalized spacial score (nSPS) is 13.9. The Labute approximate surface area is 125 Å². The molecule has 1 aromatic carbocycles. The number of ether oxygens (including phenoxy) is 1. The summed E-state index contributed by atoms with van der Waals surface area (Å²) in [5.74, 6) is 1.57. The smallest absolute Gasteiger partial charge is 0.124 e. The van der Waals surface area contributed by atoms with E-state index < -0.39 is 6.10 Å². The Bertz CT molecular complexity index is 551. The van der Waals surface area contributed by atoms with Gasteiger partial charge in [0.25, 0.3) is 0 Å². The second-order valence-electron chi connectivity index (χ2n) is 5.17. The maximum atomic E-state index is 10.7. The minimum absolute atomic E-state index is 0.0641. The molecule has 1 heterocycles. The highest BCUT2D eigenvalue weighted by Crippen LogP contribution is 2.29. The minimum Gasteiger partial charge on any atom is -0.496 e. The summed E-state index contributed by atoms with van der Waals surface area (Å²) in [4.78, 5) is 0. The SMILES string of the molecule is CCC(NCc1ccco1)C(O)c1cc(C)ccc1OC. The van der Waals surface area contributed by atoms with E-state index in [1.54, 1.807) is 13.4 Å². The first-order chi connectivity index (χ1) is 10.2. The first-order valence-corrected chi connectivity index (χ1v) is 7.24. The number of aryl methyl sites for hydroxylation is 1. The second-order valence-corrected chi connectivity index (χ2v) is 5.17. The van der Waals surface area contributed by atoms with E-state index in [0.29, 0.717) is 12.3 Å². The van der Waals surface area contributed by atoms with Crippen LogP contribution in [0.3, 0.4) is 0 Å². The Morgan fingerprint density at radius 2 is 2.14 bits per heavy atom. The summed E-state index contributed by atoms with van der Waals surface area (Å²) in [6, 6.07) is 9.56. The van der Waals surface area contributed by atoms with E-state index in [-0.39, 0.29) is 6.04 Å². The number of rotatable bonds is 7. The molecule has 2 unspecified atom stereocenters. The van der Waals surface area contributed by atoms with Gasteiger partial charge in [0.15, 0.2) is 0 Å². The Balaban J connectivity index is 2.11. The average Bonchev–Trinajstić information content (AvgIpc) is 3.01. The molecular formula is C17H23NO3. The fourth-order valence-electron chi connectivity index (χ4n) is 2.43. The van der Waals surface area contributed by atoms with Gasteiger partial charge in [0.05, 0.1) is 26.0 Å². The van der Waals surface area contributed by atoms with Gasteiger partial charge in [-0.25, -0.2) is 0 Å². The van der Waals surface area contributed by atoms with Crippen LogP contribution >= 0.6 is 0 Å². The van der Waals surface area contributed by atoms with Crippen LogP contribution < -0.4 is 10.1 Å². The molecule has 2 atom stereocenters. The predicted molar refractivity (Wildman–Crippen MR) is 82.3 cm³/mol. The first-order valence-electron chi connectivity index (χ1n) is 7.24. The third-order valence-corrected chi connectivity index (χ3v) is 3.64. The number of nitrogens with one attached hydrogen (secondary N) is 1. The summed E-state index contributed by atoms with van der Waals surface area (Å²) in [7, 11) is 1.62. The molecule has 0 radical (unpaired) electrons. The molecule has 0 saturated heterocycles. The van der Waals surface area contributed by atoms with Crippen molar-refractivity contribution in [2.75, 3.05) is 7.11 Å². The van der Waals surface area contributed by atoms with E-state index in [1.165, 1.54) is 0 Å². The topological polar surface area (TPSA) is 54.6 Å². The van der Waals surface area contributed by atoms with Gasteiger partial charge in [0.1, 0.15) is 11.5 Å². The van der Waals surface area contributed by atoms with Crippen LogP contribution in [0, 0.1) is 6.92 Å². The van der Waals surface area contributed by atoms with Crippen LogP contribution in [0.2, 0.25) is 0 Å². The van der Waals surface area contributed by atoms with Crippen LogP contribution in [0.15, 0.2) is 41.0 Å². The van der Waals surface area contributed by atoms with Gasteiger partial charge in [0, 0.05) is 11.6 Å². The first kappa shape index (κ1) is 15.6. The number of aliphatic hydroxyl groups is 1. The molecule has 4 heteroatoms. The van der Waals surface area contributed by atoms with Gasteiger partial charge < -0.3 is 19.6 Å². The lowest BCUT2D eigenvalue weighted by molar-refractivity contribution is 0.121. The van der Waals surface area contributed by atoms with Crippen molar-refractivity contribution in [2.45, 2.75) is 39.0 Å². The molecule has 21 heavy (non-hydrogen) atoms. The quantitative estimate of drug-likeness (QED) is 0.822. The molecule has 114 valence electrons. The fraction of sp³-hybridized carbons (Fsp3) is 0.412. The maximum absolute atomic E-state index is 10.7. The Kier molecular flexibility index (Phi) is 5.42.